The maximum atomic E-state index is 5.58. The minimum absolute atomic E-state index is 0.855. The number of rotatable bonds is 1. The molecule has 0 saturated carbocycles. The van der Waals surface area contributed by atoms with Gasteiger partial charge < -0.3 is 10.1 Å². The Bertz CT molecular complexity index is 575. The zero-order chi connectivity index (χ0) is 11.7. The summed E-state index contributed by atoms with van der Waals surface area (Å²) in [6.45, 7) is 0. The van der Waals surface area contributed by atoms with Crippen molar-refractivity contribution >= 4 is 27.3 Å². The molecular formula is C14H10BrNO. The Morgan fingerprint density at radius 3 is 2.53 bits per heavy atom. The fraction of sp³-hybridized carbons (Fsp3) is 0. The van der Waals surface area contributed by atoms with Crippen molar-refractivity contribution < 1.29 is 4.74 Å². The predicted molar refractivity (Wildman–Crippen MR) is 72.8 cm³/mol. The fourth-order valence-corrected chi connectivity index (χ4v) is 2.00. The van der Waals surface area contributed by atoms with Gasteiger partial charge in [-0.05, 0) is 24.3 Å². The molecular weight excluding hydrogens is 278 g/mol. The van der Waals surface area contributed by atoms with Crippen LogP contribution in [0.5, 0.6) is 5.75 Å². The average Bonchev–Trinajstić information content (AvgIpc) is 2.39. The van der Waals surface area contributed by atoms with Gasteiger partial charge in [-0.15, -0.1) is 0 Å². The maximum absolute atomic E-state index is 5.58. The minimum Gasteiger partial charge on any atom is -0.461 e. The Morgan fingerprint density at radius 2 is 1.71 bits per heavy atom. The molecule has 0 saturated heterocycles. The van der Waals surface area contributed by atoms with Crippen molar-refractivity contribution in [2.24, 2.45) is 0 Å². The Hall–Kier alpha value is -1.74. The van der Waals surface area contributed by atoms with Gasteiger partial charge in [-0.1, -0.05) is 40.2 Å². The molecule has 84 valence electrons. The molecule has 2 nitrogen and oxygen atoms in total. The van der Waals surface area contributed by atoms with Crippen molar-refractivity contribution in [1.29, 1.82) is 0 Å². The normalized spacial score (nSPS) is 13.1. The van der Waals surface area contributed by atoms with Crippen LogP contribution in [0, 0.1) is 0 Å². The van der Waals surface area contributed by atoms with E-state index >= 15 is 0 Å². The van der Waals surface area contributed by atoms with Crippen LogP contribution in [0.15, 0.2) is 59.3 Å². The zero-order valence-corrected chi connectivity index (χ0v) is 10.6. The highest BCUT2D eigenvalue weighted by Crippen LogP contribution is 2.32. The number of halogens is 1. The Kier molecular flexibility index (Phi) is 2.61. The summed E-state index contributed by atoms with van der Waals surface area (Å²) in [6.07, 6.45) is 1.74. The van der Waals surface area contributed by atoms with Crippen LogP contribution >= 0.6 is 15.9 Å². The second kappa shape index (κ2) is 4.26. The topological polar surface area (TPSA) is 21.3 Å². The molecule has 0 aliphatic carbocycles. The standard InChI is InChI=1S/C14H10BrNO/c15-11-7-5-10(6-8-11)13-9-17-14-4-2-1-3-12(14)16-13/h1-9,16H. The Balaban J connectivity index is 1.93. The van der Waals surface area contributed by atoms with Crippen molar-refractivity contribution in [1.82, 2.24) is 0 Å². The lowest BCUT2D eigenvalue weighted by Crippen LogP contribution is -2.06. The first-order chi connectivity index (χ1) is 8.33. The maximum Gasteiger partial charge on any atom is 0.150 e. The van der Waals surface area contributed by atoms with Gasteiger partial charge in [0.2, 0.25) is 0 Å². The first kappa shape index (κ1) is 10.4. The van der Waals surface area contributed by atoms with Crippen LogP contribution in [-0.2, 0) is 0 Å². The summed E-state index contributed by atoms with van der Waals surface area (Å²) in [7, 11) is 0. The molecule has 1 N–H and O–H groups in total. The van der Waals surface area contributed by atoms with Crippen LogP contribution in [0.4, 0.5) is 5.69 Å². The molecule has 1 heterocycles. The summed E-state index contributed by atoms with van der Waals surface area (Å²) in [4.78, 5) is 0. The number of anilines is 1. The molecule has 2 aromatic carbocycles. The summed E-state index contributed by atoms with van der Waals surface area (Å²) < 4.78 is 6.65. The fourth-order valence-electron chi connectivity index (χ4n) is 1.74. The van der Waals surface area contributed by atoms with Gasteiger partial charge in [0, 0.05) is 10.0 Å². The van der Waals surface area contributed by atoms with Gasteiger partial charge in [-0.3, -0.25) is 0 Å². The third kappa shape index (κ3) is 2.06. The van der Waals surface area contributed by atoms with Gasteiger partial charge >= 0.3 is 0 Å². The lowest BCUT2D eigenvalue weighted by molar-refractivity contribution is 0.480. The third-order valence-electron chi connectivity index (χ3n) is 2.62. The van der Waals surface area contributed by atoms with Crippen LogP contribution < -0.4 is 10.1 Å². The summed E-state index contributed by atoms with van der Waals surface area (Å²) >= 11 is 3.42. The number of ether oxygens (including phenoxy) is 1. The molecule has 2 aromatic rings. The van der Waals surface area contributed by atoms with Crippen LogP contribution in [0.2, 0.25) is 0 Å². The number of benzene rings is 2. The second-order valence-corrected chi connectivity index (χ2v) is 4.69. The van der Waals surface area contributed by atoms with E-state index in [1.54, 1.807) is 6.26 Å². The van der Waals surface area contributed by atoms with Crippen LogP contribution in [0.25, 0.3) is 5.70 Å². The third-order valence-corrected chi connectivity index (χ3v) is 3.14. The van der Waals surface area contributed by atoms with Gasteiger partial charge in [0.05, 0.1) is 11.4 Å². The first-order valence-corrected chi connectivity index (χ1v) is 6.11. The molecule has 0 bridgehead atoms. The van der Waals surface area contributed by atoms with E-state index < -0.39 is 0 Å². The highest BCUT2D eigenvalue weighted by molar-refractivity contribution is 9.10. The van der Waals surface area contributed by atoms with Crippen LogP contribution in [-0.4, -0.2) is 0 Å². The van der Waals surface area contributed by atoms with Crippen LogP contribution in [0.3, 0.4) is 0 Å². The molecule has 0 radical (unpaired) electrons. The lowest BCUT2D eigenvalue weighted by atomic mass is 10.1. The first-order valence-electron chi connectivity index (χ1n) is 5.32. The Labute approximate surface area is 108 Å². The van der Waals surface area contributed by atoms with E-state index in [2.05, 4.69) is 21.2 Å². The second-order valence-electron chi connectivity index (χ2n) is 3.78. The molecule has 0 atom stereocenters. The lowest BCUT2D eigenvalue weighted by Gasteiger charge is -2.19. The van der Waals surface area contributed by atoms with Gasteiger partial charge in [-0.2, -0.15) is 0 Å². The smallest absolute Gasteiger partial charge is 0.150 e. The quantitative estimate of drug-likeness (QED) is 0.847. The Morgan fingerprint density at radius 1 is 0.941 bits per heavy atom. The van der Waals surface area contributed by atoms with E-state index in [9.17, 15) is 0 Å². The zero-order valence-electron chi connectivity index (χ0n) is 8.98. The summed E-state index contributed by atoms with van der Waals surface area (Å²) in [5.41, 5.74) is 3.06. The van der Waals surface area contributed by atoms with Gasteiger partial charge in [0.15, 0.2) is 0 Å². The van der Waals surface area contributed by atoms with Crippen molar-refractivity contribution in [2.75, 3.05) is 5.32 Å². The number of fused-ring (bicyclic) bond motifs is 1. The number of hydrogen-bond acceptors (Lipinski definition) is 2. The van der Waals surface area contributed by atoms with Crippen molar-refractivity contribution in [2.45, 2.75) is 0 Å². The monoisotopic (exact) mass is 287 g/mol. The van der Waals surface area contributed by atoms with Crippen molar-refractivity contribution in [3.8, 4) is 5.75 Å². The van der Waals surface area contributed by atoms with Gasteiger partial charge in [0.1, 0.15) is 12.0 Å². The van der Waals surface area contributed by atoms with E-state index in [4.69, 9.17) is 4.74 Å². The molecule has 0 fully saturated rings. The predicted octanol–water partition coefficient (Wildman–Crippen LogP) is 4.25. The highest BCUT2D eigenvalue weighted by atomic mass is 79.9. The van der Waals surface area contributed by atoms with Crippen molar-refractivity contribution in [3.63, 3.8) is 0 Å². The highest BCUT2D eigenvalue weighted by Gasteiger charge is 2.11. The van der Waals surface area contributed by atoms with E-state index in [1.165, 1.54) is 0 Å². The molecule has 1 aliphatic rings. The number of nitrogens with one attached hydrogen (secondary N) is 1. The molecule has 3 rings (SSSR count). The van der Waals surface area contributed by atoms with E-state index in [1.807, 2.05) is 48.5 Å². The molecule has 0 amide bonds. The molecule has 0 aromatic heterocycles. The molecule has 0 unspecified atom stereocenters. The van der Waals surface area contributed by atoms with Gasteiger partial charge in [-0.25, -0.2) is 0 Å². The molecule has 17 heavy (non-hydrogen) atoms. The van der Waals surface area contributed by atoms with E-state index in [0.717, 1.165) is 27.2 Å². The summed E-state index contributed by atoms with van der Waals surface area (Å²) in [6, 6.07) is 16.0. The SMILES string of the molecule is Brc1ccc(C2=COc3ccccc3N2)cc1. The molecule has 0 spiro atoms. The minimum atomic E-state index is 0.855. The van der Waals surface area contributed by atoms with Crippen LogP contribution in [0.1, 0.15) is 5.56 Å². The van der Waals surface area contributed by atoms with Gasteiger partial charge in [0.25, 0.3) is 0 Å². The van der Waals surface area contributed by atoms with E-state index in [0.29, 0.717) is 0 Å². The molecule has 3 heteroatoms. The number of hydrogen-bond donors (Lipinski definition) is 1. The largest absolute Gasteiger partial charge is 0.461 e. The average molecular weight is 288 g/mol. The summed E-state index contributed by atoms with van der Waals surface area (Å²) in [5, 5.41) is 3.35. The van der Waals surface area contributed by atoms with E-state index in [-0.39, 0.29) is 0 Å². The van der Waals surface area contributed by atoms with Crippen molar-refractivity contribution in [3.05, 3.63) is 64.8 Å². The number of para-hydroxylation sites is 2. The molecule has 1 aliphatic heterocycles. The summed E-state index contributed by atoms with van der Waals surface area (Å²) in [5.74, 6) is 0.855.